The summed E-state index contributed by atoms with van der Waals surface area (Å²) in [5.74, 6) is -2.01. The Kier molecular flexibility index (Phi) is 5.67. The van der Waals surface area contributed by atoms with Crippen LogP contribution in [0.3, 0.4) is 0 Å². The molecule has 0 radical (unpaired) electrons. The van der Waals surface area contributed by atoms with E-state index in [1.165, 1.54) is 0 Å². The zero-order chi connectivity index (χ0) is 17.7. The lowest BCUT2D eigenvalue weighted by molar-refractivity contribution is 0.0936. The predicted molar refractivity (Wildman–Crippen MR) is 90.8 cm³/mol. The van der Waals surface area contributed by atoms with Gasteiger partial charge >= 0.3 is 0 Å². The zero-order valence-corrected chi connectivity index (χ0v) is 14.1. The van der Waals surface area contributed by atoms with Crippen molar-refractivity contribution in [2.75, 3.05) is 6.54 Å². The van der Waals surface area contributed by atoms with Crippen LogP contribution in [0, 0.1) is 11.6 Å². The predicted octanol–water partition coefficient (Wildman–Crippen LogP) is 3.82. The fourth-order valence-corrected chi connectivity index (χ4v) is 2.53. The van der Waals surface area contributed by atoms with Crippen LogP contribution in [0.25, 0.3) is 0 Å². The van der Waals surface area contributed by atoms with Crippen molar-refractivity contribution in [3.05, 3.63) is 71.3 Å². The maximum Gasteiger partial charge on any atom is 0.254 e. The van der Waals surface area contributed by atoms with Gasteiger partial charge in [0.05, 0.1) is 5.56 Å². The second kappa shape index (κ2) is 7.53. The molecule has 1 atom stereocenters. The molecule has 0 heterocycles. The molecule has 2 aromatic carbocycles. The van der Waals surface area contributed by atoms with Crippen LogP contribution >= 0.6 is 0 Å². The van der Waals surface area contributed by atoms with Crippen molar-refractivity contribution < 1.29 is 13.6 Å². The van der Waals surface area contributed by atoms with Crippen molar-refractivity contribution in [2.24, 2.45) is 0 Å². The summed E-state index contributed by atoms with van der Waals surface area (Å²) in [6.45, 7) is 6.19. The van der Waals surface area contributed by atoms with Gasteiger partial charge in [0.15, 0.2) is 0 Å². The molecule has 0 bridgehead atoms. The van der Waals surface area contributed by atoms with E-state index in [0.29, 0.717) is 0 Å². The summed E-state index contributed by atoms with van der Waals surface area (Å²) in [6.07, 6.45) is 0. The Morgan fingerprint density at radius 2 is 1.79 bits per heavy atom. The van der Waals surface area contributed by atoms with Gasteiger partial charge in [-0.15, -0.1) is 0 Å². The molecule has 3 nitrogen and oxygen atoms in total. The minimum Gasteiger partial charge on any atom is -0.350 e. The molecule has 0 fully saturated rings. The third-order valence-corrected chi connectivity index (χ3v) is 3.77. The molecule has 24 heavy (non-hydrogen) atoms. The first-order valence-electron chi connectivity index (χ1n) is 7.84. The first-order chi connectivity index (χ1) is 11.3. The number of carbonyl (C=O) groups excluding carboxylic acids is 1. The molecule has 2 rings (SSSR count). The van der Waals surface area contributed by atoms with Gasteiger partial charge in [-0.05, 0) is 44.5 Å². The van der Waals surface area contributed by atoms with Crippen LogP contribution < -0.4 is 10.6 Å². The molecule has 0 aromatic heterocycles. The van der Waals surface area contributed by atoms with Gasteiger partial charge in [-0.3, -0.25) is 4.79 Å². The summed E-state index contributed by atoms with van der Waals surface area (Å²) >= 11 is 0. The number of amides is 1. The Morgan fingerprint density at radius 1 is 1.12 bits per heavy atom. The first-order valence-corrected chi connectivity index (χ1v) is 7.84. The number of nitrogens with one attached hydrogen (secondary N) is 2. The van der Waals surface area contributed by atoms with E-state index in [-0.39, 0.29) is 18.2 Å². The Balaban J connectivity index is 1.97. The van der Waals surface area contributed by atoms with Gasteiger partial charge in [-0.2, -0.15) is 0 Å². The summed E-state index contributed by atoms with van der Waals surface area (Å²) in [5.41, 5.74) is 0.421. The van der Waals surface area contributed by atoms with E-state index in [2.05, 4.69) is 10.6 Å². The van der Waals surface area contributed by atoms with E-state index in [1.54, 1.807) is 0 Å². The molecule has 0 aliphatic rings. The molecule has 0 aliphatic carbocycles. The Hall–Kier alpha value is -2.27. The number of carbonyl (C=O) groups is 1. The van der Waals surface area contributed by atoms with Gasteiger partial charge in [-0.25, -0.2) is 8.78 Å². The molecule has 128 valence electrons. The van der Waals surface area contributed by atoms with Crippen molar-refractivity contribution in [2.45, 2.75) is 32.4 Å². The van der Waals surface area contributed by atoms with Gasteiger partial charge in [-0.1, -0.05) is 30.3 Å². The van der Waals surface area contributed by atoms with E-state index in [1.807, 2.05) is 51.1 Å². The first kappa shape index (κ1) is 18.1. The molecule has 0 spiro atoms. The van der Waals surface area contributed by atoms with Crippen LogP contribution in [0.15, 0.2) is 48.5 Å². The van der Waals surface area contributed by atoms with Crippen molar-refractivity contribution in [1.29, 1.82) is 0 Å². The molecule has 1 amide bonds. The Morgan fingerprint density at radius 3 is 2.46 bits per heavy atom. The number of hydrogen-bond donors (Lipinski definition) is 2. The molecule has 0 saturated carbocycles. The molecule has 2 aromatic rings. The highest BCUT2D eigenvalue weighted by Crippen LogP contribution is 2.16. The van der Waals surface area contributed by atoms with Crippen LogP contribution in [0.4, 0.5) is 8.78 Å². The molecule has 5 heteroatoms. The van der Waals surface area contributed by atoms with E-state index in [0.717, 1.165) is 23.8 Å². The highest BCUT2D eigenvalue weighted by atomic mass is 19.1. The lowest BCUT2D eigenvalue weighted by Gasteiger charge is -2.31. The Labute approximate surface area is 141 Å². The minimum atomic E-state index is -0.739. The molecule has 1 unspecified atom stereocenters. The lowest BCUT2D eigenvalue weighted by Crippen LogP contribution is -2.49. The van der Waals surface area contributed by atoms with E-state index < -0.39 is 23.1 Å². The molecule has 2 N–H and O–H groups in total. The summed E-state index contributed by atoms with van der Waals surface area (Å²) in [6, 6.07) is 12.9. The highest BCUT2D eigenvalue weighted by molar-refractivity contribution is 5.94. The smallest absolute Gasteiger partial charge is 0.254 e. The van der Waals surface area contributed by atoms with E-state index in [9.17, 15) is 13.6 Å². The van der Waals surface area contributed by atoms with Crippen LogP contribution in [-0.4, -0.2) is 18.0 Å². The maximum absolute atomic E-state index is 13.6. The van der Waals surface area contributed by atoms with E-state index in [4.69, 9.17) is 0 Å². The zero-order valence-electron chi connectivity index (χ0n) is 14.1. The summed E-state index contributed by atoms with van der Waals surface area (Å²) < 4.78 is 26.8. The number of halogens is 2. The van der Waals surface area contributed by atoms with Gasteiger partial charge in [0.25, 0.3) is 5.91 Å². The van der Waals surface area contributed by atoms with Crippen LogP contribution in [0.2, 0.25) is 0 Å². The average molecular weight is 332 g/mol. The van der Waals surface area contributed by atoms with Gasteiger partial charge in [0.2, 0.25) is 0 Å². The van der Waals surface area contributed by atoms with Crippen molar-refractivity contribution in [1.82, 2.24) is 10.6 Å². The molecule has 0 saturated heterocycles. The quantitative estimate of drug-likeness (QED) is 0.844. The summed E-state index contributed by atoms with van der Waals surface area (Å²) in [7, 11) is 0. The summed E-state index contributed by atoms with van der Waals surface area (Å²) in [4.78, 5) is 12.1. The molecular weight excluding hydrogens is 310 g/mol. The average Bonchev–Trinajstić information content (AvgIpc) is 2.55. The number of hydrogen-bond acceptors (Lipinski definition) is 2. The third kappa shape index (κ3) is 4.86. The van der Waals surface area contributed by atoms with Crippen LogP contribution in [0.1, 0.15) is 42.7 Å². The maximum atomic E-state index is 13.6. The fourth-order valence-electron chi connectivity index (χ4n) is 2.53. The number of benzene rings is 2. The standard InChI is InChI=1S/C19H22F2N2O/c1-13(14-7-5-4-6-8-14)23-19(2,3)12-22-18(24)16-11-15(20)9-10-17(16)21/h4-11,13,23H,12H2,1-3H3,(H,22,24). The fraction of sp³-hybridized carbons (Fsp3) is 0.316. The van der Waals surface area contributed by atoms with Gasteiger partial charge < -0.3 is 10.6 Å². The molecular formula is C19H22F2N2O. The largest absolute Gasteiger partial charge is 0.350 e. The van der Waals surface area contributed by atoms with Gasteiger partial charge in [0, 0.05) is 18.1 Å². The minimum absolute atomic E-state index is 0.0870. The number of rotatable bonds is 6. The van der Waals surface area contributed by atoms with Crippen LogP contribution in [-0.2, 0) is 0 Å². The van der Waals surface area contributed by atoms with Crippen molar-refractivity contribution in [3.63, 3.8) is 0 Å². The van der Waals surface area contributed by atoms with Gasteiger partial charge in [0.1, 0.15) is 11.6 Å². The van der Waals surface area contributed by atoms with Crippen molar-refractivity contribution in [3.8, 4) is 0 Å². The second-order valence-electron chi connectivity index (χ2n) is 6.47. The molecule has 0 aliphatic heterocycles. The summed E-state index contributed by atoms with van der Waals surface area (Å²) in [5, 5.41) is 6.08. The van der Waals surface area contributed by atoms with E-state index >= 15 is 0 Å². The van der Waals surface area contributed by atoms with Crippen molar-refractivity contribution >= 4 is 5.91 Å². The second-order valence-corrected chi connectivity index (χ2v) is 6.47. The third-order valence-electron chi connectivity index (χ3n) is 3.77. The topological polar surface area (TPSA) is 41.1 Å². The Bertz CT molecular complexity index is 702. The normalized spacial score (nSPS) is 12.7. The highest BCUT2D eigenvalue weighted by Gasteiger charge is 2.22. The monoisotopic (exact) mass is 332 g/mol. The SMILES string of the molecule is CC(NC(C)(C)CNC(=O)c1cc(F)ccc1F)c1ccccc1. The lowest BCUT2D eigenvalue weighted by atomic mass is 10.0. The van der Waals surface area contributed by atoms with Crippen LogP contribution in [0.5, 0.6) is 0 Å².